The van der Waals surface area contributed by atoms with Gasteiger partial charge in [0.1, 0.15) is 5.82 Å². The maximum atomic E-state index is 13.0. The second kappa shape index (κ2) is 10.0. The van der Waals surface area contributed by atoms with Crippen LogP contribution in [0.2, 0.25) is 0 Å². The fourth-order valence-corrected chi connectivity index (χ4v) is 3.65. The van der Waals surface area contributed by atoms with Crippen molar-refractivity contribution in [2.24, 2.45) is 0 Å². The molecule has 2 N–H and O–H groups in total. The van der Waals surface area contributed by atoms with Crippen molar-refractivity contribution in [3.8, 4) is 0 Å². The molecule has 1 aromatic heterocycles. The predicted molar refractivity (Wildman–Crippen MR) is 110 cm³/mol. The second-order valence-electron chi connectivity index (χ2n) is 6.01. The number of carbonyl (C=O) groups is 1. The van der Waals surface area contributed by atoms with E-state index in [4.69, 9.17) is 0 Å². The van der Waals surface area contributed by atoms with Crippen LogP contribution in [0.1, 0.15) is 16.8 Å². The first kappa shape index (κ1) is 22.4. The van der Waals surface area contributed by atoms with Crippen molar-refractivity contribution in [2.45, 2.75) is 17.9 Å². The highest BCUT2D eigenvalue weighted by Crippen LogP contribution is 2.20. The van der Waals surface area contributed by atoms with Gasteiger partial charge in [0, 0.05) is 25.5 Å². The number of halogens is 2. The summed E-state index contributed by atoms with van der Waals surface area (Å²) in [5, 5.41) is 2.78. The molecule has 7 nitrogen and oxygen atoms in total. The topological polar surface area (TPSA) is 93.1 Å². The summed E-state index contributed by atoms with van der Waals surface area (Å²) < 4.78 is 42.3. The number of anilines is 1. The van der Waals surface area contributed by atoms with Crippen LogP contribution >= 0.6 is 12.4 Å². The second-order valence-corrected chi connectivity index (χ2v) is 7.70. The molecule has 1 amide bonds. The van der Waals surface area contributed by atoms with Gasteiger partial charge in [-0.25, -0.2) is 17.8 Å². The van der Waals surface area contributed by atoms with E-state index < -0.39 is 15.8 Å². The number of hydrogen-bond acceptors (Lipinski definition) is 4. The van der Waals surface area contributed by atoms with Gasteiger partial charge in [-0.3, -0.25) is 9.52 Å². The third kappa shape index (κ3) is 6.03. The minimum Gasteiger partial charge on any atom is -0.352 e. The van der Waals surface area contributed by atoms with Crippen molar-refractivity contribution in [1.29, 1.82) is 0 Å². The van der Waals surface area contributed by atoms with Gasteiger partial charge >= 0.3 is 0 Å². The van der Waals surface area contributed by atoms with Gasteiger partial charge in [0.2, 0.25) is 0 Å². The Balaban J connectivity index is 0.00000300. The van der Waals surface area contributed by atoms with Gasteiger partial charge in [-0.2, -0.15) is 0 Å². The van der Waals surface area contributed by atoms with Gasteiger partial charge in [-0.05, 0) is 42.8 Å². The number of amides is 1. The molecule has 2 aromatic carbocycles. The largest absolute Gasteiger partial charge is 0.352 e. The van der Waals surface area contributed by atoms with Gasteiger partial charge in [0.15, 0.2) is 0 Å². The highest BCUT2D eigenvalue weighted by atomic mass is 35.5. The Morgan fingerprint density at radius 3 is 2.52 bits per heavy atom. The first-order valence-corrected chi connectivity index (χ1v) is 10.1. The number of para-hydroxylation sites is 1. The Morgan fingerprint density at radius 2 is 1.83 bits per heavy atom. The Labute approximate surface area is 174 Å². The normalized spacial score (nSPS) is 10.8. The van der Waals surface area contributed by atoms with Gasteiger partial charge in [0.25, 0.3) is 15.9 Å². The average Bonchev–Trinajstić information content (AvgIpc) is 3.19. The van der Waals surface area contributed by atoms with Crippen LogP contribution in [0.15, 0.2) is 72.1 Å². The molecule has 0 aliphatic heterocycles. The zero-order chi connectivity index (χ0) is 20.0. The van der Waals surface area contributed by atoms with Crippen molar-refractivity contribution in [3.05, 3.63) is 78.6 Å². The number of imidazole rings is 1. The number of nitrogens with one attached hydrogen (secondary N) is 2. The third-order valence-electron chi connectivity index (χ3n) is 3.98. The molecule has 0 radical (unpaired) electrons. The summed E-state index contributed by atoms with van der Waals surface area (Å²) in [7, 11) is -3.95. The number of rotatable bonds is 8. The van der Waals surface area contributed by atoms with Crippen LogP contribution in [0, 0.1) is 5.82 Å². The van der Waals surface area contributed by atoms with Crippen molar-refractivity contribution in [3.63, 3.8) is 0 Å². The number of aryl methyl sites for hydroxylation is 1. The lowest BCUT2D eigenvalue weighted by Crippen LogP contribution is -2.26. The van der Waals surface area contributed by atoms with Crippen molar-refractivity contribution >= 4 is 34.0 Å². The van der Waals surface area contributed by atoms with E-state index in [0.717, 1.165) is 24.3 Å². The van der Waals surface area contributed by atoms with Crippen LogP contribution in [0.3, 0.4) is 0 Å². The van der Waals surface area contributed by atoms with Crippen LogP contribution in [0.5, 0.6) is 0 Å². The van der Waals surface area contributed by atoms with Crippen molar-refractivity contribution in [2.75, 3.05) is 11.3 Å². The fourth-order valence-electron chi connectivity index (χ4n) is 2.57. The lowest BCUT2D eigenvalue weighted by Gasteiger charge is -2.13. The summed E-state index contributed by atoms with van der Waals surface area (Å²) in [5.74, 6) is -0.919. The Kier molecular flexibility index (Phi) is 7.74. The van der Waals surface area contributed by atoms with Crippen molar-refractivity contribution < 1.29 is 17.6 Å². The van der Waals surface area contributed by atoms with Crippen LogP contribution in [-0.2, 0) is 16.6 Å². The van der Waals surface area contributed by atoms with Crippen molar-refractivity contribution in [1.82, 2.24) is 14.9 Å². The first-order chi connectivity index (χ1) is 13.5. The smallest absolute Gasteiger partial charge is 0.261 e. The zero-order valence-electron chi connectivity index (χ0n) is 15.3. The van der Waals surface area contributed by atoms with E-state index in [0.29, 0.717) is 19.5 Å². The summed E-state index contributed by atoms with van der Waals surface area (Å²) in [6, 6.07) is 10.8. The van der Waals surface area contributed by atoms with Crippen LogP contribution in [-0.4, -0.2) is 30.4 Å². The Morgan fingerprint density at radius 1 is 1.10 bits per heavy atom. The average molecular weight is 439 g/mol. The molecule has 0 atom stereocenters. The molecular weight excluding hydrogens is 419 g/mol. The van der Waals surface area contributed by atoms with Gasteiger partial charge < -0.3 is 9.88 Å². The molecule has 0 fully saturated rings. The van der Waals surface area contributed by atoms with Crippen LogP contribution in [0.25, 0.3) is 0 Å². The van der Waals surface area contributed by atoms with Gasteiger partial charge in [0.05, 0.1) is 22.5 Å². The molecule has 3 aromatic rings. The number of carbonyl (C=O) groups excluding carboxylic acids is 1. The molecule has 0 bridgehead atoms. The van der Waals surface area contributed by atoms with Crippen LogP contribution < -0.4 is 10.0 Å². The Bertz CT molecular complexity index is 1040. The molecule has 0 unspecified atom stereocenters. The summed E-state index contributed by atoms with van der Waals surface area (Å²) in [6.07, 6.45) is 5.91. The number of sulfonamides is 1. The standard InChI is InChI=1S/C19H19FN4O3S.ClH/c20-15-6-8-16(9-7-15)28(26,27)23-18-5-2-1-4-17(18)19(25)22-10-3-12-24-13-11-21-14-24;/h1-2,4-9,11,13-14,23H,3,10,12H2,(H,22,25);1H. The number of nitrogens with zero attached hydrogens (tertiary/aromatic N) is 2. The quantitative estimate of drug-likeness (QED) is 0.528. The van der Waals surface area contributed by atoms with E-state index >= 15 is 0 Å². The van der Waals surface area contributed by atoms with E-state index in [9.17, 15) is 17.6 Å². The van der Waals surface area contributed by atoms with E-state index in [1.165, 1.54) is 12.1 Å². The van der Waals surface area contributed by atoms with Crippen LogP contribution in [0.4, 0.5) is 10.1 Å². The van der Waals surface area contributed by atoms with E-state index in [1.54, 1.807) is 24.7 Å². The molecule has 10 heteroatoms. The third-order valence-corrected chi connectivity index (χ3v) is 5.36. The monoisotopic (exact) mass is 438 g/mol. The molecule has 0 aliphatic rings. The number of benzene rings is 2. The maximum absolute atomic E-state index is 13.0. The lowest BCUT2D eigenvalue weighted by molar-refractivity contribution is 0.0953. The number of aromatic nitrogens is 2. The molecule has 0 spiro atoms. The summed E-state index contributed by atoms with van der Waals surface area (Å²) >= 11 is 0. The summed E-state index contributed by atoms with van der Waals surface area (Å²) in [6.45, 7) is 1.13. The summed E-state index contributed by atoms with van der Waals surface area (Å²) in [4.78, 5) is 16.3. The molecule has 1 heterocycles. The SMILES string of the molecule is Cl.O=C(NCCCn1ccnc1)c1ccccc1NS(=O)(=O)c1ccc(F)cc1. The number of hydrogen-bond donors (Lipinski definition) is 2. The maximum Gasteiger partial charge on any atom is 0.261 e. The van der Waals surface area contributed by atoms with E-state index in [2.05, 4.69) is 15.0 Å². The fraction of sp³-hybridized carbons (Fsp3) is 0.158. The molecule has 3 rings (SSSR count). The summed E-state index contributed by atoms with van der Waals surface area (Å²) in [5.41, 5.74) is 0.356. The molecule has 0 aliphatic carbocycles. The highest BCUT2D eigenvalue weighted by molar-refractivity contribution is 7.92. The predicted octanol–water partition coefficient (Wildman–Crippen LogP) is 3.06. The first-order valence-electron chi connectivity index (χ1n) is 8.57. The molecule has 0 saturated heterocycles. The van der Waals surface area contributed by atoms with Gasteiger partial charge in [-0.1, -0.05) is 12.1 Å². The molecule has 154 valence electrons. The Hall–Kier alpha value is -2.91. The lowest BCUT2D eigenvalue weighted by atomic mass is 10.1. The highest BCUT2D eigenvalue weighted by Gasteiger charge is 2.18. The minimum atomic E-state index is -3.95. The zero-order valence-corrected chi connectivity index (χ0v) is 16.9. The molecule has 0 saturated carbocycles. The molecule has 29 heavy (non-hydrogen) atoms. The van der Waals surface area contributed by atoms with E-state index in [1.807, 2.05) is 10.8 Å². The van der Waals surface area contributed by atoms with E-state index in [-0.39, 0.29) is 34.5 Å². The van der Waals surface area contributed by atoms with Gasteiger partial charge in [-0.15, -0.1) is 12.4 Å². The minimum absolute atomic E-state index is 0. The molecular formula is C19H20ClFN4O3S.